The van der Waals surface area contributed by atoms with E-state index in [-0.39, 0.29) is 0 Å². The summed E-state index contributed by atoms with van der Waals surface area (Å²) in [4.78, 5) is 0. The molecule has 0 amide bonds. The summed E-state index contributed by atoms with van der Waals surface area (Å²) in [6.07, 6.45) is 5.54. The third-order valence-corrected chi connectivity index (χ3v) is 2.89. The number of rotatable bonds is 4. The summed E-state index contributed by atoms with van der Waals surface area (Å²) in [5.74, 6) is 0. The molecule has 0 aromatic heterocycles. The van der Waals surface area contributed by atoms with Crippen LogP contribution in [0.1, 0.15) is 39.5 Å². The Bertz CT molecular complexity index is 32.2. The van der Waals surface area contributed by atoms with E-state index in [0.717, 1.165) is 10.7 Å². The van der Waals surface area contributed by atoms with Gasteiger partial charge in [0.1, 0.15) is 0 Å². The lowest BCUT2D eigenvalue weighted by atomic mass is 10.2. The van der Waals surface area contributed by atoms with Crippen molar-refractivity contribution in [2.45, 2.75) is 39.5 Å². The molecule has 0 N–H and O–H groups in total. The van der Waals surface area contributed by atoms with Gasteiger partial charge < -0.3 is 0 Å². The number of alkyl halides is 2. The van der Waals surface area contributed by atoms with Crippen molar-refractivity contribution in [3.05, 3.63) is 0 Å². The van der Waals surface area contributed by atoms with E-state index in [2.05, 4.69) is 45.7 Å². The molecule has 0 aliphatic rings. The van der Waals surface area contributed by atoms with E-state index in [1.165, 1.54) is 25.7 Å². The van der Waals surface area contributed by atoms with Crippen LogP contribution in [0.3, 0.4) is 0 Å². The molecule has 0 aliphatic heterocycles. The predicted molar refractivity (Wildman–Crippen MR) is 57.4 cm³/mol. The van der Waals surface area contributed by atoms with Crippen LogP contribution >= 0.6 is 31.9 Å². The molecule has 0 rings (SSSR count). The first kappa shape index (κ1) is 13.5. The first-order valence-electron chi connectivity index (χ1n) is 3.95. The van der Waals surface area contributed by atoms with Gasteiger partial charge in [-0.3, -0.25) is 0 Å². The van der Waals surface area contributed by atoms with Crippen molar-refractivity contribution in [3.8, 4) is 0 Å². The van der Waals surface area contributed by atoms with Gasteiger partial charge in [-0.05, 0) is 0 Å². The van der Waals surface area contributed by atoms with E-state index >= 15 is 0 Å². The average Bonchev–Trinajstić information content (AvgIpc) is 2.01. The third-order valence-electron chi connectivity index (χ3n) is 1.03. The van der Waals surface area contributed by atoms with Gasteiger partial charge in [-0.15, -0.1) is 0 Å². The summed E-state index contributed by atoms with van der Waals surface area (Å²) in [6, 6.07) is 0. The molecule has 64 valence electrons. The zero-order chi connectivity index (χ0) is 8.24. The Morgan fingerprint density at radius 1 is 0.800 bits per heavy atom. The fourth-order valence-corrected chi connectivity index (χ4v) is 0.500. The molecule has 0 heterocycles. The highest BCUT2D eigenvalue weighted by atomic mass is 79.9. The van der Waals surface area contributed by atoms with Crippen molar-refractivity contribution >= 4 is 31.9 Å². The van der Waals surface area contributed by atoms with Crippen LogP contribution in [0.2, 0.25) is 0 Å². The van der Waals surface area contributed by atoms with E-state index in [4.69, 9.17) is 0 Å². The van der Waals surface area contributed by atoms with E-state index in [1.807, 2.05) is 0 Å². The molecule has 0 spiro atoms. The van der Waals surface area contributed by atoms with Gasteiger partial charge in [-0.2, -0.15) is 0 Å². The summed E-state index contributed by atoms with van der Waals surface area (Å²) in [6.45, 7) is 4.46. The minimum absolute atomic E-state index is 1.05. The Labute approximate surface area is 82.0 Å². The predicted octanol–water partition coefficient (Wildman–Crippen LogP) is 4.36. The highest BCUT2D eigenvalue weighted by Crippen LogP contribution is 1.95. The molecule has 2 heteroatoms. The second-order valence-corrected chi connectivity index (χ2v) is 3.67. The van der Waals surface area contributed by atoms with Gasteiger partial charge in [0, 0.05) is 10.7 Å². The maximum absolute atomic E-state index is 3.20. The van der Waals surface area contributed by atoms with Gasteiger partial charge in [0.2, 0.25) is 0 Å². The minimum Gasteiger partial charge on any atom is -0.0919 e. The first-order valence-corrected chi connectivity index (χ1v) is 6.19. The average molecular weight is 274 g/mol. The highest BCUT2D eigenvalue weighted by molar-refractivity contribution is 9.11. The lowest BCUT2D eigenvalue weighted by Gasteiger charge is -1.86. The number of hydrogen-bond acceptors (Lipinski definition) is 0. The second-order valence-electron chi connectivity index (χ2n) is 2.09. The first-order chi connectivity index (χ1) is 4.83. The van der Waals surface area contributed by atoms with Gasteiger partial charge in [0.25, 0.3) is 0 Å². The van der Waals surface area contributed by atoms with Crippen LogP contribution in [0.4, 0.5) is 0 Å². The second kappa shape index (κ2) is 16.5. The van der Waals surface area contributed by atoms with Crippen LogP contribution in [0.5, 0.6) is 0 Å². The minimum atomic E-state index is 1.05. The van der Waals surface area contributed by atoms with Gasteiger partial charge in [0.15, 0.2) is 0 Å². The lowest BCUT2D eigenvalue weighted by molar-refractivity contribution is 0.702. The molecule has 0 nitrogen and oxygen atoms in total. The van der Waals surface area contributed by atoms with Crippen molar-refractivity contribution in [3.63, 3.8) is 0 Å². The van der Waals surface area contributed by atoms with Gasteiger partial charge >= 0.3 is 0 Å². The van der Waals surface area contributed by atoms with Crippen molar-refractivity contribution in [2.75, 3.05) is 10.7 Å². The molecule has 0 radical (unpaired) electrons. The lowest BCUT2D eigenvalue weighted by Crippen LogP contribution is -1.66. The molecule has 0 aromatic rings. The van der Waals surface area contributed by atoms with Crippen molar-refractivity contribution in [1.29, 1.82) is 0 Å². The van der Waals surface area contributed by atoms with E-state index < -0.39 is 0 Å². The quantitative estimate of drug-likeness (QED) is 0.527. The molecule has 0 saturated heterocycles. The van der Waals surface area contributed by atoms with Crippen molar-refractivity contribution in [2.24, 2.45) is 0 Å². The number of unbranched alkanes of at least 4 members (excludes halogenated alkanes) is 3. The summed E-state index contributed by atoms with van der Waals surface area (Å²) < 4.78 is 0. The largest absolute Gasteiger partial charge is 0.0919 e. The molecule has 0 saturated carbocycles. The van der Waals surface area contributed by atoms with Crippen molar-refractivity contribution in [1.82, 2.24) is 0 Å². The van der Waals surface area contributed by atoms with E-state index in [0.29, 0.717) is 0 Å². The van der Waals surface area contributed by atoms with Crippen LogP contribution in [0.15, 0.2) is 0 Å². The normalized spacial score (nSPS) is 8.40. The summed E-state index contributed by atoms with van der Waals surface area (Å²) >= 11 is 6.40. The monoisotopic (exact) mass is 272 g/mol. The molecule has 0 aromatic carbocycles. The van der Waals surface area contributed by atoms with E-state index in [1.54, 1.807) is 0 Å². The molecule has 0 aliphatic carbocycles. The molecule has 10 heavy (non-hydrogen) atoms. The molecular weight excluding hydrogens is 256 g/mol. The Morgan fingerprint density at radius 2 is 1.10 bits per heavy atom. The Morgan fingerprint density at radius 3 is 1.20 bits per heavy atom. The Balaban J connectivity index is 0. The fraction of sp³-hybridized carbons (Fsp3) is 1.00. The van der Waals surface area contributed by atoms with Crippen LogP contribution in [0, 0.1) is 0 Å². The Hall–Kier alpha value is 0.960. The Kier molecular flexibility index (Phi) is 22.4. The van der Waals surface area contributed by atoms with Crippen molar-refractivity contribution < 1.29 is 0 Å². The number of hydrogen-bond donors (Lipinski definition) is 0. The topological polar surface area (TPSA) is 0 Å². The standard InChI is InChI=1S/C6H14.C2H4Br2/c1-3-5-6-4-2;3-1-2-4/h3-6H2,1-2H3;1-2H2. The maximum Gasteiger partial charge on any atom is 0.0129 e. The third kappa shape index (κ3) is 23.1. The molecule has 0 atom stereocenters. The van der Waals surface area contributed by atoms with E-state index in [9.17, 15) is 0 Å². The SMILES string of the molecule is BrCCBr.CCCCCC. The zero-order valence-corrected chi connectivity index (χ0v) is 10.2. The van der Waals surface area contributed by atoms with Crippen LogP contribution in [-0.4, -0.2) is 10.7 Å². The van der Waals surface area contributed by atoms with Gasteiger partial charge in [-0.1, -0.05) is 71.4 Å². The fourth-order valence-electron chi connectivity index (χ4n) is 0.500. The molecule has 0 fully saturated rings. The maximum atomic E-state index is 3.20. The van der Waals surface area contributed by atoms with Gasteiger partial charge in [-0.25, -0.2) is 0 Å². The summed E-state index contributed by atoms with van der Waals surface area (Å²) in [7, 11) is 0. The van der Waals surface area contributed by atoms with Crippen LogP contribution < -0.4 is 0 Å². The van der Waals surface area contributed by atoms with Gasteiger partial charge in [0.05, 0.1) is 0 Å². The number of halogens is 2. The molecular formula is C8H18Br2. The molecule has 0 unspecified atom stereocenters. The molecule has 0 bridgehead atoms. The van der Waals surface area contributed by atoms with Crippen LogP contribution in [-0.2, 0) is 0 Å². The highest BCUT2D eigenvalue weighted by Gasteiger charge is 1.75. The van der Waals surface area contributed by atoms with Crippen LogP contribution in [0.25, 0.3) is 0 Å². The zero-order valence-electron chi connectivity index (χ0n) is 7.00. The smallest absolute Gasteiger partial charge is 0.0129 e. The summed E-state index contributed by atoms with van der Waals surface area (Å²) in [5, 5.41) is 2.10. The summed E-state index contributed by atoms with van der Waals surface area (Å²) in [5.41, 5.74) is 0.